The van der Waals surface area contributed by atoms with Crippen molar-refractivity contribution in [1.82, 2.24) is 4.65 Å². The minimum Gasteiger partial charge on any atom is -0.628 e. The van der Waals surface area contributed by atoms with Crippen LogP contribution < -0.4 is 4.65 Å². The summed E-state index contributed by atoms with van der Waals surface area (Å²) >= 11 is 0. The van der Waals surface area contributed by atoms with Crippen LogP contribution in [0.15, 0.2) is 42.5 Å². The summed E-state index contributed by atoms with van der Waals surface area (Å²) in [5, 5.41) is 14.0. The molecule has 0 amide bonds. The summed E-state index contributed by atoms with van der Waals surface area (Å²) in [5.41, 5.74) is 0.781. The number of benzene rings is 2. The number of hydrogen-bond acceptors (Lipinski definition) is 1. The number of hydrogen-bond donors (Lipinski definition) is 0. The lowest BCUT2D eigenvalue weighted by molar-refractivity contribution is 0.544. The first kappa shape index (κ1) is 9.19. The summed E-state index contributed by atoms with van der Waals surface area (Å²) in [5.74, 6) is 0. The molecule has 0 atom stereocenters. The molecule has 0 saturated carbocycles. The van der Waals surface area contributed by atoms with E-state index in [9.17, 15) is 5.21 Å². The van der Waals surface area contributed by atoms with Crippen molar-refractivity contribution in [2.75, 3.05) is 14.1 Å². The van der Waals surface area contributed by atoms with Gasteiger partial charge in [0.25, 0.3) is 0 Å². The SMILES string of the molecule is C[N+](C)([O-])c1ccc2ccccc2c1. The highest BCUT2D eigenvalue weighted by Gasteiger charge is 2.07. The van der Waals surface area contributed by atoms with Gasteiger partial charge >= 0.3 is 0 Å². The fraction of sp³-hybridized carbons (Fsp3) is 0.167. The highest BCUT2D eigenvalue weighted by Crippen LogP contribution is 2.23. The van der Waals surface area contributed by atoms with E-state index in [-0.39, 0.29) is 4.65 Å². The van der Waals surface area contributed by atoms with Gasteiger partial charge < -0.3 is 9.85 Å². The average Bonchev–Trinajstić information content (AvgIpc) is 2.16. The molecule has 2 heteroatoms. The highest BCUT2D eigenvalue weighted by atomic mass is 16.5. The molecule has 0 bridgehead atoms. The number of nitrogens with zero attached hydrogens (tertiary/aromatic N) is 1. The quantitative estimate of drug-likeness (QED) is 0.497. The first-order valence-electron chi connectivity index (χ1n) is 4.62. The van der Waals surface area contributed by atoms with Crippen molar-refractivity contribution in [3.8, 4) is 0 Å². The predicted octanol–water partition coefficient (Wildman–Crippen LogP) is 2.90. The summed E-state index contributed by atoms with van der Waals surface area (Å²) in [4.78, 5) is 0. The van der Waals surface area contributed by atoms with Crippen LogP contribution in [0.3, 0.4) is 0 Å². The Hall–Kier alpha value is -1.38. The van der Waals surface area contributed by atoms with E-state index in [2.05, 4.69) is 0 Å². The van der Waals surface area contributed by atoms with E-state index in [1.165, 1.54) is 5.39 Å². The highest BCUT2D eigenvalue weighted by molar-refractivity contribution is 5.85. The van der Waals surface area contributed by atoms with E-state index in [1.54, 1.807) is 14.1 Å². The standard InChI is InChI=1S/C12H13NO/c1-13(2,14)12-8-7-10-5-3-4-6-11(10)9-12/h3-9H,1-2H3. The maximum absolute atomic E-state index is 11.7. The Labute approximate surface area is 83.6 Å². The summed E-state index contributed by atoms with van der Waals surface area (Å²) in [6.07, 6.45) is 0. The van der Waals surface area contributed by atoms with Gasteiger partial charge in [-0.3, -0.25) is 0 Å². The van der Waals surface area contributed by atoms with Gasteiger partial charge in [0.15, 0.2) is 0 Å². The van der Waals surface area contributed by atoms with Crippen LogP contribution in [0.5, 0.6) is 0 Å². The Morgan fingerprint density at radius 1 is 0.929 bits per heavy atom. The summed E-state index contributed by atoms with van der Waals surface area (Å²) < 4.78 is -0.384. The van der Waals surface area contributed by atoms with Gasteiger partial charge in [0.1, 0.15) is 5.69 Å². The molecule has 2 nitrogen and oxygen atoms in total. The van der Waals surface area contributed by atoms with Crippen LogP contribution in [0, 0.1) is 5.21 Å². The molecule has 0 aliphatic heterocycles. The number of quaternary nitrogens is 1. The van der Waals surface area contributed by atoms with Gasteiger partial charge in [0.05, 0.1) is 14.1 Å². The molecule has 72 valence electrons. The number of hydroxylamine groups is 2. The topological polar surface area (TPSA) is 23.1 Å². The van der Waals surface area contributed by atoms with Crippen LogP contribution in [0.2, 0.25) is 0 Å². The van der Waals surface area contributed by atoms with Gasteiger partial charge in [0, 0.05) is 12.1 Å². The fourth-order valence-corrected chi connectivity index (χ4v) is 1.51. The Morgan fingerprint density at radius 3 is 2.21 bits per heavy atom. The van der Waals surface area contributed by atoms with Crippen LogP contribution in [-0.2, 0) is 0 Å². The maximum atomic E-state index is 11.7. The summed E-state index contributed by atoms with van der Waals surface area (Å²) in [6.45, 7) is 0. The van der Waals surface area contributed by atoms with E-state index >= 15 is 0 Å². The van der Waals surface area contributed by atoms with Crippen LogP contribution in [0.25, 0.3) is 10.8 Å². The maximum Gasteiger partial charge on any atom is 0.133 e. The summed E-state index contributed by atoms with van der Waals surface area (Å²) in [6, 6.07) is 13.9. The van der Waals surface area contributed by atoms with Gasteiger partial charge in [-0.2, -0.15) is 0 Å². The third-order valence-electron chi connectivity index (χ3n) is 2.35. The zero-order valence-electron chi connectivity index (χ0n) is 8.40. The van der Waals surface area contributed by atoms with E-state index in [0.29, 0.717) is 0 Å². The molecule has 0 heterocycles. The molecule has 0 aromatic heterocycles. The van der Waals surface area contributed by atoms with Crippen LogP contribution >= 0.6 is 0 Å². The number of fused-ring (bicyclic) bond motifs is 1. The second-order valence-electron chi connectivity index (χ2n) is 3.88. The smallest absolute Gasteiger partial charge is 0.133 e. The van der Waals surface area contributed by atoms with Crippen LogP contribution in [0.4, 0.5) is 5.69 Å². The number of rotatable bonds is 1. The second kappa shape index (κ2) is 3.08. The van der Waals surface area contributed by atoms with Crippen molar-refractivity contribution in [1.29, 1.82) is 0 Å². The average molecular weight is 187 g/mol. The zero-order chi connectivity index (χ0) is 10.2. The lowest BCUT2D eigenvalue weighted by Crippen LogP contribution is -2.32. The van der Waals surface area contributed by atoms with Crippen LogP contribution in [-0.4, -0.2) is 14.1 Å². The molecule has 2 aromatic carbocycles. The Kier molecular flexibility index (Phi) is 2.02. The molecule has 0 saturated heterocycles. The van der Waals surface area contributed by atoms with Gasteiger partial charge in [-0.25, -0.2) is 0 Å². The predicted molar refractivity (Wildman–Crippen MR) is 61.0 cm³/mol. The molecular formula is C12H13NO. The molecule has 0 unspecified atom stereocenters. The van der Waals surface area contributed by atoms with Crippen molar-refractivity contribution in [3.63, 3.8) is 0 Å². The second-order valence-corrected chi connectivity index (χ2v) is 3.88. The molecule has 0 aliphatic rings. The van der Waals surface area contributed by atoms with Gasteiger partial charge in [-0.1, -0.05) is 24.3 Å². The molecule has 14 heavy (non-hydrogen) atoms. The normalized spacial score (nSPS) is 11.9. The molecule has 0 N–H and O–H groups in total. The van der Waals surface area contributed by atoms with Crippen molar-refractivity contribution in [3.05, 3.63) is 47.7 Å². The molecule has 0 aliphatic carbocycles. The van der Waals surface area contributed by atoms with Gasteiger partial charge in [0.2, 0.25) is 0 Å². The lowest BCUT2D eigenvalue weighted by Gasteiger charge is -2.33. The Bertz CT molecular complexity index is 457. The first-order chi connectivity index (χ1) is 6.57. The van der Waals surface area contributed by atoms with Gasteiger partial charge in [-0.05, 0) is 16.8 Å². The largest absolute Gasteiger partial charge is 0.628 e. The van der Waals surface area contributed by atoms with Gasteiger partial charge in [-0.15, -0.1) is 0 Å². The van der Waals surface area contributed by atoms with Crippen molar-refractivity contribution < 1.29 is 0 Å². The minimum atomic E-state index is -0.384. The monoisotopic (exact) mass is 187 g/mol. The van der Waals surface area contributed by atoms with Crippen LogP contribution in [0.1, 0.15) is 0 Å². The molecule has 2 rings (SSSR count). The van der Waals surface area contributed by atoms with E-state index < -0.39 is 0 Å². The molecule has 0 radical (unpaired) electrons. The molecule has 0 fully saturated rings. The third-order valence-corrected chi connectivity index (χ3v) is 2.35. The fourth-order valence-electron chi connectivity index (χ4n) is 1.51. The van der Waals surface area contributed by atoms with Crippen molar-refractivity contribution in [2.45, 2.75) is 0 Å². The summed E-state index contributed by atoms with van der Waals surface area (Å²) in [7, 11) is 3.26. The lowest BCUT2D eigenvalue weighted by atomic mass is 10.1. The third kappa shape index (κ3) is 1.62. The first-order valence-corrected chi connectivity index (χ1v) is 4.62. The molecule has 0 spiro atoms. The minimum absolute atomic E-state index is 0.384. The molecule has 2 aromatic rings. The van der Waals surface area contributed by atoms with E-state index in [1.807, 2.05) is 42.5 Å². The van der Waals surface area contributed by atoms with E-state index in [4.69, 9.17) is 0 Å². The zero-order valence-corrected chi connectivity index (χ0v) is 8.40. The van der Waals surface area contributed by atoms with Crippen molar-refractivity contribution >= 4 is 16.5 Å². The van der Waals surface area contributed by atoms with E-state index in [0.717, 1.165) is 11.1 Å². The molecular weight excluding hydrogens is 174 g/mol. The van der Waals surface area contributed by atoms with Crippen molar-refractivity contribution in [2.24, 2.45) is 0 Å². The Morgan fingerprint density at radius 2 is 1.57 bits per heavy atom. The Balaban J connectivity index is 2.63.